The van der Waals surface area contributed by atoms with Crippen molar-refractivity contribution in [3.8, 4) is 21.6 Å². The third-order valence-electron chi connectivity index (χ3n) is 4.25. The van der Waals surface area contributed by atoms with E-state index in [0.29, 0.717) is 0 Å². The lowest BCUT2D eigenvalue weighted by Gasteiger charge is -2.06. The summed E-state index contributed by atoms with van der Waals surface area (Å²) in [6.45, 7) is 2.14. The van der Waals surface area contributed by atoms with Gasteiger partial charge in [0.1, 0.15) is 0 Å². The Kier molecular flexibility index (Phi) is 4.13. The van der Waals surface area contributed by atoms with Crippen LogP contribution in [0.5, 0.6) is 0 Å². The van der Waals surface area contributed by atoms with Crippen LogP contribution in [0.4, 0.5) is 0 Å². The number of thiol groups is 1. The number of halogens is 1. The van der Waals surface area contributed by atoms with Gasteiger partial charge >= 0.3 is 0 Å². The Morgan fingerprint density at radius 1 is 0.833 bits per heavy atom. The molecule has 0 radical (unpaired) electrons. The standard InChI is InChI=1S/C21H15ClS2/c1-13-18(23)12-11-17-19(14-7-9-16(22)10-8-14)21(24-20(13)17)15-5-3-2-4-6-15/h2-12,23H,1H3. The highest BCUT2D eigenvalue weighted by Crippen LogP contribution is 2.46. The van der Waals surface area contributed by atoms with Crippen molar-refractivity contribution in [3.63, 3.8) is 0 Å². The summed E-state index contributed by atoms with van der Waals surface area (Å²) in [5.74, 6) is 0. The first-order valence-corrected chi connectivity index (χ1v) is 9.36. The van der Waals surface area contributed by atoms with Gasteiger partial charge in [-0.15, -0.1) is 24.0 Å². The van der Waals surface area contributed by atoms with Gasteiger partial charge < -0.3 is 0 Å². The second kappa shape index (κ2) is 6.29. The van der Waals surface area contributed by atoms with Gasteiger partial charge in [0.15, 0.2) is 0 Å². The Hall–Kier alpha value is -1.74. The molecule has 4 aromatic rings. The molecule has 0 aliphatic heterocycles. The highest BCUT2D eigenvalue weighted by atomic mass is 35.5. The first-order valence-electron chi connectivity index (χ1n) is 7.71. The number of hydrogen-bond donors (Lipinski definition) is 1. The van der Waals surface area contributed by atoms with Gasteiger partial charge in [-0.2, -0.15) is 0 Å². The fraction of sp³-hybridized carbons (Fsp3) is 0.0476. The van der Waals surface area contributed by atoms with Crippen LogP contribution in [0.3, 0.4) is 0 Å². The van der Waals surface area contributed by atoms with Gasteiger partial charge in [-0.1, -0.05) is 60.1 Å². The van der Waals surface area contributed by atoms with Crippen LogP contribution in [0.15, 0.2) is 71.6 Å². The summed E-state index contributed by atoms with van der Waals surface area (Å²) >= 11 is 12.5. The zero-order valence-corrected chi connectivity index (χ0v) is 15.6. The molecule has 3 heteroatoms. The molecule has 1 heterocycles. The highest BCUT2D eigenvalue weighted by Gasteiger charge is 2.17. The van der Waals surface area contributed by atoms with E-state index in [1.807, 2.05) is 23.5 Å². The molecular weight excluding hydrogens is 352 g/mol. The van der Waals surface area contributed by atoms with Crippen LogP contribution in [0, 0.1) is 6.92 Å². The maximum absolute atomic E-state index is 6.09. The number of aryl methyl sites for hydroxylation is 1. The molecule has 4 rings (SSSR count). The summed E-state index contributed by atoms with van der Waals surface area (Å²) < 4.78 is 1.30. The number of hydrogen-bond acceptors (Lipinski definition) is 2. The normalized spacial score (nSPS) is 11.1. The van der Waals surface area contributed by atoms with Crippen molar-refractivity contribution in [2.24, 2.45) is 0 Å². The second-order valence-electron chi connectivity index (χ2n) is 5.77. The van der Waals surface area contributed by atoms with E-state index in [1.54, 1.807) is 0 Å². The molecule has 0 amide bonds. The van der Waals surface area contributed by atoms with E-state index in [2.05, 4.69) is 74.1 Å². The SMILES string of the molecule is Cc1c(S)ccc2c(-c3ccc(Cl)cc3)c(-c3ccccc3)sc12. The van der Waals surface area contributed by atoms with Crippen LogP contribution in [0.1, 0.15) is 5.56 Å². The summed E-state index contributed by atoms with van der Waals surface area (Å²) in [5.41, 5.74) is 4.94. The maximum Gasteiger partial charge on any atom is 0.0433 e. The molecular formula is C21H15ClS2. The van der Waals surface area contributed by atoms with E-state index in [1.165, 1.54) is 37.2 Å². The van der Waals surface area contributed by atoms with E-state index in [9.17, 15) is 0 Å². The first kappa shape index (κ1) is 15.8. The monoisotopic (exact) mass is 366 g/mol. The zero-order valence-electron chi connectivity index (χ0n) is 13.1. The second-order valence-corrected chi connectivity index (χ2v) is 7.70. The molecule has 1 aromatic heterocycles. The van der Waals surface area contributed by atoms with Crippen LogP contribution in [0.2, 0.25) is 5.02 Å². The molecule has 0 saturated carbocycles. The smallest absolute Gasteiger partial charge is 0.0433 e. The van der Waals surface area contributed by atoms with Crippen LogP contribution >= 0.6 is 35.6 Å². The van der Waals surface area contributed by atoms with E-state index in [4.69, 9.17) is 11.6 Å². The van der Waals surface area contributed by atoms with E-state index >= 15 is 0 Å². The summed E-state index contributed by atoms with van der Waals surface area (Å²) in [4.78, 5) is 2.32. The lowest BCUT2D eigenvalue weighted by atomic mass is 9.98. The zero-order chi connectivity index (χ0) is 16.7. The van der Waals surface area contributed by atoms with Gasteiger partial charge in [0.2, 0.25) is 0 Å². The van der Waals surface area contributed by atoms with E-state index in [-0.39, 0.29) is 0 Å². The first-order chi connectivity index (χ1) is 11.6. The minimum atomic E-state index is 0.758. The molecule has 24 heavy (non-hydrogen) atoms. The Labute approximate surface area is 156 Å². The van der Waals surface area contributed by atoms with Crippen molar-refractivity contribution in [2.45, 2.75) is 11.8 Å². The molecule has 0 saturated heterocycles. The Balaban J connectivity index is 2.09. The van der Waals surface area contributed by atoms with E-state index < -0.39 is 0 Å². The van der Waals surface area contributed by atoms with Crippen molar-refractivity contribution >= 4 is 45.7 Å². The molecule has 118 valence electrons. The van der Waals surface area contributed by atoms with Gasteiger partial charge in [-0.05, 0) is 41.8 Å². The molecule has 0 bridgehead atoms. The molecule has 3 aromatic carbocycles. The van der Waals surface area contributed by atoms with Gasteiger partial charge in [0.05, 0.1) is 0 Å². The Morgan fingerprint density at radius 2 is 1.54 bits per heavy atom. The quantitative estimate of drug-likeness (QED) is 0.349. The Bertz CT molecular complexity index is 1020. The van der Waals surface area contributed by atoms with Crippen molar-refractivity contribution in [1.29, 1.82) is 0 Å². The van der Waals surface area contributed by atoms with Crippen molar-refractivity contribution in [1.82, 2.24) is 0 Å². The van der Waals surface area contributed by atoms with Crippen LogP contribution in [-0.4, -0.2) is 0 Å². The Morgan fingerprint density at radius 3 is 2.25 bits per heavy atom. The molecule has 0 aliphatic carbocycles. The molecule has 0 unspecified atom stereocenters. The lowest BCUT2D eigenvalue weighted by molar-refractivity contribution is 1.37. The number of thiophene rings is 1. The predicted octanol–water partition coefficient (Wildman–Crippen LogP) is 7.49. The molecule has 0 fully saturated rings. The van der Waals surface area contributed by atoms with Gasteiger partial charge in [0.25, 0.3) is 0 Å². The topological polar surface area (TPSA) is 0 Å². The molecule has 0 N–H and O–H groups in total. The summed E-state index contributed by atoms with van der Waals surface area (Å²) in [7, 11) is 0. The number of rotatable bonds is 2. The third-order valence-corrected chi connectivity index (χ3v) is 6.36. The maximum atomic E-state index is 6.09. The minimum absolute atomic E-state index is 0.758. The van der Waals surface area contributed by atoms with Crippen LogP contribution in [-0.2, 0) is 0 Å². The lowest BCUT2D eigenvalue weighted by Crippen LogP contribution is -1.81. The third kappa shape index (κ3) is 2.65. The minimum Gasteiger partial charge on any atom is -0.143 e. The fourth-order valence-electron chi connectivity index (χ4n) is 2.98. The number of fused-ring (bicyclic) bond motifs is 1. The van der Waals surface area contributed by atoms with E-state index in [0.717, 1.165) is 9.92 Å². The largest absolute Gasteiger partial charge is 0.143 e. The van der Waals surface area contributed by atoms with Crippen molar-refractivity contribution < 1.29 is 0 Å². The summed E-state index contributed by atoms with van der Waals surface area (Å²) in [6, 6.07) is 22.9. The fourth-order valence-corrected chi connectivity index (χ4v) is 4.70. The van der Waals surface area contributed by atoms with Crippen LogP contribution < -0.4 is 0 Å². The number of benzene rings is 3. The molecule has 0 nitrogen and oxygen atoms in total. The van der Waals surface area contributed by atoms with Gasteiger partial charge in [-0.3, -0.25) is 0 Å². The van der Waals surface area contributed by atoms with Gasteiger partial charge in [0, 0.05) is 30.4 Å². The van der Waals surface area contributed by atoms with Gasteiger partial charge in [-0.25, -0.2) is 0 Å². The van der Waals surface area contributed by atoms with Crippen molar-refractivity contribution in [3.05, 3.63) is 77.3 Å². The predicted molar refractivity (Wildman–Crippen MR) is 110 cm³/mol. The van der Waals surface area contributed by atoms with Crippen LogP contribution in [0.25, 0.3) is 31.7 Å². The molecule has 0 atom stereocenters. The van der Waals surface area contributed by atoms with Crippen molar-refractivity contribution in [2.75, 3.05) is 0 Å². The summed E-state index contributed by atoms with van der Waals surface area (Å²) in [6.07, 6.45) is 0. The molecule has 0 spiro atoms. The average Bonchev–Trinajstić information content (AvgIpc) is 3.00. The average molecular weight is 367 g/mol. The highest BCUT2D eigenvalue weighted by molar-refractivity contribution is 7.80. The summed E-state index contributed by atoms with van der Waals surface area (Å²) in [5, 5.41) is 2.03. The molecule has 0 aliphatic rings.